The summed E-state index contributed by atoms with van der Waals surface area (Å²) in [6, 6.07) is 0. The van der Waals surface area contributed by atoms with E-state index in [9.17, 15) is 4.79 Å². The first-order chi connectivity index (χ1) is 7.43. The molecule has 1 heterocycles. The van der Waals surface area contributed by atoms with E-state index in [4.69, 9.17) is 9.47 Å². The van der Waals surface area contributed by atoms with Gasteiger partial charge in [0, 0.05) is 12.5 Å². The summed E-state index contributed by atoms with van der Waals surface area (Å²) in [5, 5.41) is 0. The van der Waals surface area contributed by atoms with Crippen molar-refractivity contribution in [3.8, 4) is 0 Å². The molecule has 1 rings (SSSR count). The summed E-state index contributed by atoms with van der Waals surface area (Å²) < 4.78 is 15.9. The van der Waals surface area contributed by atoms with Gasteiger partial charge in [0.1, 0.15) is 0 Å². The molecule has 1 fully saturated rings. The molecule has 1 aliphatic rings. The molecular formula is C12H20O4. The van der Waals surface area contributed by atoms with E-state index in [-0.39, 0.29) is 18.2 Å². The number of methoxy groups -OCH3 is 1. The van der Waals surface area contributed by atoms with Gasteiger partial charge in [-0.15, -0.1) is 0 Å². The molecule has 0 spiro atoms. The van der Waals surface area contributed by atoms with Crippen molar-refractivity contribution in [1.29, 1.82) is 0 Å². The monoisotopic (exact) mass is 228 g/mol. The standard InChI is InChI=1S/C12H20O4/c1-9-8-10(16-12(2,3)15-9)6-5-7-11(13)14-4/h5,7,9-10H,6,8H2,1-4H3/b7-5-/t9-,10+/m1/s1. The maximum absolute atomic E-state index is 10.9. The van der Waals surface area contributed by atoms with E-state index in [0.717, 1.165) is 6.42 Å². The summed E-state index contributed by atoms with van der Waals surface area (Å²) in [6.45, 7) is 5.83. The number of carbonyl (C=O) groups is 1. The van der Waals surface area contributed by atoms with Gasteiger partial charge in [0.2, 0.25) is 0 Å². The van der Waals surface area contributed by atoms with Gasteiger partial charge in [-0.3, -0.25) is 0 Å². The highest BCUT2D eigenvalue weighted by Crippen LogP contribution is 2.28. The summed E-state index contributed by atoms with van der Waals surface area (Å²) in [7, 11) is 1.36. The van der Waals surface area contributed by atoms with Crippen LogP contribution in [-0.2, 0) is 19.0 Å². The Labute approximate surface area is 96.6 Å². The van der Waals surface area contributed by atoms with E-state index in [1.54, 1.807) is 6.08 Å². The lowest BCUT2D eigenvalue weighted by Crippen LogP contribution is -2.43. The summed E-state index contributed by atoms with van der Waals surface area (Å²) in [5.41, 5.74) is 0. The lowest BCUT2D eigenvalue weighted by Gasteiger charge is -2.39. The highest BCUT2D eigenvalue weighted by atomic mass is 16.7. The van der Waals surface area contributed by atoms with Crippen molar-refractivity contribution >= 4 is 5.97 Å². The second-order valence-corrected chi connectivity index (χ2v) is 4.47. The van der Waals surface area contributed by atoms with Crippen LogP contribution in [0, 0.1) is 0 Å². The molecule has 0 aromatic rings. The van der Waals surface area contributed by atoms with Crippen molar-refractivity contribution in [3.05, 3.63) is 12.2 Å². The van der Waals surface area contributed by atoms with E-state index < -0.39 is 5.79 Å². The summed E-state index contributed by atoms with van der Waals surface area (Å²) >= 11 is 0. The number of ether oxygens (including phenoxy) is 3. The maximum atomic E-state index is 10.9. The molecule has 2 atom stereocenters. The zero-order valence-electron chi connectivity index (χ0n) is 10.4. The second kappa shape index (κ2) is 5.46. The van der Waals surface area contributed by atoms with Gasteiger partial charge in [-0.05, 0) is 27.2 Å². The van der Waals surface area contributed by atoms with E-state index in [2.05, 4.69) is 4.74 Å². The molecule has 4 heteroatoms. The van der Waals surface area contributed by atoms with E-state index >= 15 is 0 Å². The molecule has 0 aliphatic carbocycles. The molecule has 0 saturated carbocycles. The van der Waals surface area contributed by atoms with Crippen molar-refractivity contribution in [3.63, 3.8) is 0 Å². The SMILES string of the molecule is COC(=O)/C=C\C[C@H]1C[C@@H](C)OC(C)(C)O1. The van der Waals surface area contributed by atoms with E-state index in [1.807, 2.05) is 20.8 Å². The molecule has 0 radical (unpaired) electrons. The predicted molar refractivity (Wildman–Crippen MR) is 59.9 cm³/mol. The summed E-state index contributed by atoms with van der Waals surface area (Å²) in [4.78, 5) is 10.9. The number of rotatable bonds is 3. The Kier molecular flexibility index (Phi) is 4.50. The molecule has 0 aromatic heterocycles. The molecule has 16 heavy (non-hydrogen) atoms. The van der Waals surface area contributed by atoms with Crippen molar-refractivity contribution in [1.82, 2.24) is 0 Å². The van der Waals surface area contributed by atoms with Gasteiger partial charge in [-0.1, -0.05) is 6.08 Å². The smallest absolute Gasteiger partial charge is 0.330 e. The average molecular weight is 228 g/mol. The summed E-state index contributed by atoms with van der Waals surface area (Å²) in [6.07, 6.45) is 5.03. The van der Waals surface area contributed by atoms with Crippen molar-refractivity contribution < 1.29 is 19.0 Å². The van der Waals surface area contributed by atoms with Crippen LogP contribution in [0.3, 0.4) is 0 Å². The molecule has 0 bridgehead atoms. The first-order valence-electron chi connectivity index (χ1n) is 5.53. The molecule has 0 N–H and O–H groups in total. The zero-order chi connectivity index (χ0) is 12.2. The van der Waals surface area contributed by atoms with Crippen molar-refractivity contribution in [2.75, 3.05) is 7.11 Å². The lowest BCUT2D eigenvalue weighted by molar-refractivity contribution is -0.295. The minimum Gasteiger partial charge on any atom is -0.466 e. The van der Waals surface area contributed by atoms with Crippen LogP contribution in [0.15, 0.2) is 12.2 Å². The highest BCUT2D eigenvalue weighted by Gasteiger charge is 2.32. The Morgan fingerprint density at radius 3 is 2.75 bits per heavy atom. The van der Waals surface area contributed by atoms with Crippen LogP contribution in [0.5, 0.6) is 0 Å². The number of hydrogen-bond donors (Lipinski definition) is 0. The molecule has 0 amide bonds. The Morgan fingerprint density at radius 1 is 1.50 bits per heavy atom. The number of hydrogen-bond acceptors (Lipinski definition) is 4. The molecular weight excluding hydrogens is 208 g/mol. The van der Waals surface area contributed by atoms with Crippen LogP contribution in [0.1, 0.15) is 33.6 Å². The van der Waals surface area contributed by atoms with Gasteiger partial charge in [0.05, 0.1) is 19.3 Å². The first kappa shape index (κ1) is 13.2. The van der Waals surface area contributed by atoms with E-state index in [1.165, 1.54) is 13.2 Å². The Morgan fingerprint density at radius 2 is 2.19 bits per heavy atom. The van der Waals surface area contributed by atoms with Gasteiger partial charge in [0.25, 0.3) is 0 Å². The first-order valence-corrected chi connectivity index (χ1v) is 5.53. The second-order valence-electron chi connectivity index (χ2n) is 4.47. The van der Waals surface area contributed by atoms with E-state index in [0.29, 0.717) is 6.42 Å². The van der Waals surface area contributed by atoms with Gasteiger partial charge in [-0.25, -0.2) is 4.79 Å². The third-order valence-electron chi connectivity index (χ3n) is 2.38. The van der Waals surface area contributed by atoms with Gasteiger partial charge in [0.15, 0.2) is 5.79 Å². The van der Waals surface area contributed by atoms with Crippen molar-refractivity contribution in [2.24, 2.45) is 0 Å². The number of carbonyl (C=O) groups excluding carboxylic acids is 1. The van der Waals surface area contributed by atoms with Crippen LogP contribution in [-0.4, -0.2) is 31.1 Å². The Balaban J connectivity index is 2.42. The third-order valence-corrected chi connectivity index (χ3v) is 2.38. The van der Waals surface area contributed by atoms with Crippen LogP contribution < -0.4 is 0 Å². The van der Waals surface area contributed by atoms with Crippen LogP contribution in [0.4, 0.5) is 0 Å². The van der Waals surface area contributed by atoms with Crippen LogP contribution in [0.2, 0.25) is 0 Å². The maximum Gasteiger partial charge on any atom is 0.330 e. The molecule has 0 unspecified atom stereocenters. The Hall–Kier alpha value is -0.870. The molecule has 4 nitrogen and oxygen atoms in total. The minimum absolute atomic E-state index is 0.0969. The highest BCUT2D eigenvalue weighted by molar-refractivity contribution is 5.81. The summed E-state index contributed by atoms with van der Waals surface area (Å²) in [5.74, 6) is -0.874. The average Bonchev–Trinajstić information content (AvgIpc) is 2.14. The van der Waals surface area contributed by atoms with Crippen molar-refractivity contribution in [2.45, 2.75) is 51.6 Å². The fourth-order valence-electron chi connectivity index (χ4n) is 1.91. The van der Waals surface area contributed by atoms with Gasteiger partial charge >= 0.3 is 5.97 Å². The minimum atomic E-state index is -0.540. The fourth-order valence-corrected chi connectivity index (χ4v) is 1.91. The number of esters is 1. The largest absolute Gasteiger partial charge is 0.466 e. The molecule has 1 aliphatic heterocycles. The molecule has 0 aromatic carbocycles. The quantitative estimate of drug-likeness (QED) is 0.547. The van der Waals surface area contributed by atoms with Gasteiger partial charge in [-0.2, -0.15) is 0 Å². The fraction of sp³-hybridized carbons (Fsp3) is 0.750. The molecule has 92 valence electrons. The van der Waals surface area contributed by atoms with Crippen LogP contribution in [0.25, 0.3) is 0 Å². The zero-order valence-corrected chi connectivity index (χ0v) is 10.4. The van der Waals surface area contributed by atoms with Gasteiger partial charge < -0.3 is 14.2 Å². The normalized spacial score (nSPS) is 29.2. The van der Waals surface area contributed by atoms with Crippen LogP contribution >= 0.6 is 0 Å². The predicted octanol–water partition coefficient (Wildman–Crippen LogP) is 2.04. The third kappa shape index (κ3) is 4.33. The molecule has 1 saturated heterocycles. The lowest BCUT2D eigenvalue weighted by atomic mass is 10.1. The topological polar surface area (TPSA) is 44.8 Å². The Bertz CT molecular complexity index is 270.